The monoisotopic (exact) mass is 364 g/mol. The zero-order valence-corrected chi connectivity index (χ0v) is 15.5. The van der Waals surface area contributed by atoms with Crippen LogP contribution in [0.1, 0.15) is 26.2 Å². The lowest BCUT2D eigenvalue weighted by molar-refractivity contribution is 0.141. The predicted molar refractivity (Wildman–Crippen MR) is 99.4 cm³/mol. The average Bonchev–Trinajstić information content (AvgIpc) is 2.97. The first-order chi connectivity index (χ1) is 12.6. The first-order valence-corrected chi connectivity index (χ1v) is 9.22. The molecule has 0 unspecified atom stereocenters. The maximum absolute atomic E-state index is 12.3. The quantitative estimate of drug-likeness (QED) is 0.668. The lowest BCUT2D eigenvalue weighted by Crippen LogP contribution is -2.34. The molecule has 1 aliphatic heterocycles. The third-order valence-corrected chi connectivity index (χ3v) is 5.06. The lowest BCUT2D eigenvalue weighted by Gasteiger charge is -2.30. The predicted octanol–water partition coefficient (Wildman–Crippen LogP) is 0.849. The number of fused-ring (bicyclic) bond motifs is 1. The van der Waals surface area contributed by atoms with Gasteiger partial charge in [0.05, 0.1) is 6.61 Å². The molecule has 2 aromatic heterocycles. The molecule has 3 rings (SSSR count). The Hall–Kier alpha value is -2.13. The fourth-order valence-electron chi connectivity index (χ4n) is 3.42. The number of methoxy groups -OCH3 is 1. The number of nitrogens with zero attached hydrogens (tertiary/aromatic N) is 4. The summed E-state index contributed by atoms with van der Waals surface area (Å²) in [5, 5.41) is 0. The van der Waals surface area contributed by atoms with Crippen LogP contribution in [0.25, 0.3) is 11.2 Å². The van der Waals surface area contributed by atoms with Crippen LogP contribution in [0.3, 0.4) is 0 Å². The zero-order valence-electron chi connectivity index (χ0n) is 15.5. The van der Waals surface area contributed by atoms with Gasteiger partial charge >= 0.3 is 11.7 Å². The van der Waals surface area contributed by atoms with Crippen LogP contribution in [0, 0.1) is 5.92 Å². The zero-order chi connectivity index (χ0) is 18.5. The summed E-state index contributed by atoms with van der Waals surface area (Å²) in [6, 6.07) is 0.163. The van der Waals surface area contributed by atoms with Gasteiger partial charge < -0.3 is 25.1 Å². The number of hydrogen-bond donors (Lipinski definition) is 2. The van der Waals surface area contributed by atoms with E-state index in [4.69, 9.17) is 15.2 Å². The Morgan fingerprint density at radius 1 is 1.27 bits per heavy atom. The molecule has 0 aliphatic carbocycles. The molecular weight excluding hydrogens is 336 g/mol. The number of aryl methyl sites for hydroxylation is 1. The van der Waals surface area contributed by atoms with Crippen molar-refractivity contribution >= 4 is 17.0 Å². The van der Waals surface area contributed by atoms with Crippen molar-refractivity contribution in [2.75, 3.05) is 45.7 Å². The van der Waals surface area contributed by atoms with Gasteiger partial charge in [-0.1, -0.05) is 6.92 Å². The number of aromatic nitrogens is 4. The number of hydrogen-bond acceptors (Lipinski definition) is 7. The number of piperidine rings is 1. The molecule has 3 heterocycles. The van der Waals surface area contributed by atoms with E-state index < -0.39 is 0 Å². The Balaban J connectivity index is 1.73. The molecule has 1 aliphatic rings. The summed E-state index contributed by atoms with van der Waals surface area (Å²) >= 11 is 0. The van der Waals surface area contributed by atoms with E-state index in [1.165, 1.54) is 12.8 Å². The Morgan fingerprint density at radius 3 is 2.73 bits per heavy atom. The fourth-order valence-corrected chi connectivity index (χ4v) is 3.42. The smallest absolute Gasteiger partial charge is 0.327 e. The van der Waals surface area contributed by atoms with Crippen LogP contribution in [0.4, 0.5) is 5.82 Å². The molecule has 26 heavy (non-hydrogen) atoms. The fraction of sp³-hybridized carbons (Fsp3) is 0.706. The summed E-state index contributed by atoms with van der Waals surface area (Å²) in [6.45, 7) is 6.94. The summed E-state index contributed by atoms with van der Waals surface area (Å²) in [6.07, 6.45) is 3.30. The molecule has 1 saturated heterocycles. The third-order valence-electron chi connectivity index (χ3n) is 5.06. The largest absolute Gasteiger partial charge is 0.461 e. The SMILES string of the molecule is CCN1CCC(CCn2c(=O)[nH]c3c(N)nc(OCCOC)nc32)CC1. The van der Waals surface area contributed by atoms with Crippen molar-refractivity contribution in [2.45, 2.75) is 32.7 Å². The highest BCUT2D eigenvalue weighted by molar-refractivity contribution is 5.81. The summed E-state index contributed by atoms with van der Waals surface area (Å²) < 4.78 is 12.1. The Bertz CT molecular complexity index is 779. The van der Waals surface area contributed by atoms with Crippen LogP contribution in [0.5, 0.6) is 6.01 Å². The molecule has 2 aromatic rings. The lowest BCUT2D eigenvalue weighted by atomic mass is 9.93. The van der Waals surface area contributed by atoms with Crippen molar-refractivity contribution in [1.29, 1.82) is 0 Å². The number of aromatic amines is 1. The van der Waals surface area contributed by atoms with Crippen LogP contribution in [0.15, 0.2) is 4.79 Å². The van der Waals surface area contributed by atoms with Gasteiger partial charge in [0.1, 0.15) is 12.1 Å². The van der Waals surface area contributed by atoms with Gasteiger partial charge in [0.2, 0.25) is 0 Å². The van der Waals surface area contributed by atoms with E-state index in [1.54, 1.807) is 11.7 Å². The van der Waals surface area contributed by atoms with E-state index >= 15 is 0 Å². The first-order valence-electron chi connectivity index (χ1n) is 9.22. The van der Waals surface area contributed by atoms with Crippen molar-refractivity contribution in [1.82, 2.24) is 24.4 Å². The topological polar surface area (TPSA) is 111 Å². The number of nitrogen functional groups attached to an aromatic ring is 1. The number of nitrogens with two attached hydrogens (primary N) is 1. The summed E-state index contributed by atoms with van der Waals surface area (Å²) in [5.74, 6) is 0.848. The second-order valence-electron chi connectivity index (χ2n) is 6.68. The molecule has 0 radical (unpaired) electrons. The van der Waals surface area contributed by atoms with Crippen molar-refractivity contribution in [3.8, 4) is 6.01 Å². The van der Waals surface area contributed by atoms with E-state index in [2.05, 4.69) is 26.8 Å². The van der Waals surface area contributed by atoms with E-state index in [9.17, 15) is 4.79 Å². The van der Waals surface area contributed by atoms with Gasteiger partial charge in [0.25, 0.3) is 0 Å². The van der Waals surface area contributed by atoms with Gasteiger partial charge in [-0.15, -0.1) is 0 Å². The number of imidazole rings is 1. The molecule has 0 amide bonds. The summed E-state index contributed by atoms with van der Waals surface area (Å²) in [5.41, 5.74) is 6.72. The number of nitrogens with one attached hydrogen (secondary N) is 1. The number of rotatable bonds is 8. The summed E-state index contributed by atoms with van der Waals surface area (Å²) in [4.78, 5) is 26.0. The summed E-state index contributed by atoms with van der Waals surface area (Å²) in [7, 11) is 1.59. The molecule has 0 atom stereocenters. The van der Waals surface area contributed by atoms with E-state index in [1.807, 2.05) is 0 Å². The second kappa shape index (κ2) is 8.50. The Kier molecular flexibility index (Phi) is 6.10. The minimum atomic E-state index is -0.207. The van der Waals surface area contributed by atoms with Crippen LogP contribution in [-0.4, -0.2) is 64.4 Å². The number of anilines is 1. The Labute approximate surface area is 152 Å². The van der Waals surface area contributed by atoms with Crippen molar-refractivity contribution in [3.05, 3.63) is 10.5 Å². The average molecular weight is 364 g/mol. The molecule has 0 spiro atoms. The minimum absolute atomic E-state index is 0.163. The highest BCUT2D eigenvalue weighted by Gasteiger charge is 2.20. The number of ether oxygens (including phenoxy) is 2. The maximum Gasteiger partial charge on any atom is 0.327 e. The van der Waals surface area contributed by atoms with Crippen LogP contribution < -0.4 is 16.2 Å². The highest BCUT2D eigenvalue weighted by atomic mass is 16.5. The van der Waals surface area contributed by atoms with Crippen molar-refractivity contribution in [3.63, 3.8) is 0 Å². The van der Waals surface area contributed by atoms with Crippen molar-refractivity contribution in [2.24, 2.45) is 5.92 Å². The minimum Gasteiger partial charge on any atom is -0.461 e. The molecule has 0 saturated carbocycles. The maximum atomic E-state index is 12.3. The van der Waals surface area contributed by atoms with E-state index in [0.29, 0.717) is 36.8 Å². The van der Waals surface area contributed by atoms with Gasteiger partial charge in [-0.25, -0.2) is 4.79 Å². The molecule has 0 aromatic carbocycles. The van der Waals surface area contributed by atoms with Crippen LogP contribution in [-0.2, 0) is 11.3 Å². The highest BCUT2D eigenvalue weighted by Crippen LogP contribution is 2.22. The Morgan fingerprint density at radius 2 is 2.04 bits per heavy atom. The molecule has 9 heteroatoms. The van der Waals surface area contributed by atoms with Gasteiger partial charge in [-0.2, -0.15) is 9.97 Å². The second-order valence-corrected chi connectivity index (χ2v) is 6.68. The first kappa shape index (κ1) is 18.7. The molecular formula is C17H28N6O3. The molecule has 9 nitrogen and oxygen atoms in total. The molecule has 1 fully saturated rings. The van der Waals surface area contributed by atoms with Gasteiger partial charge in [-0.05, 0) is 44.8 Å². The molecule has 0 bridgehead atoms. The van der Waals surface area contributed by atoms with E-state index in [-0.39, 0.29) is 17.5 Å². The molecule has 3 N–H and O–H groups in total. The molecule has 144 valence electrons. The van der Waals surface area contributed by atoms with Crippen molar-refractivity contribution < 1.29 is 9.47 Å². The standard InChI is InChI=1S/C17H28N6O3/c1-3-22-7-4-12(5-8-22)6-9-23-15-13(19-17(23)24)14(18)20-16(21-15)26-11-10-25-2/h12H,3-11H2,1-2H3,(H,19,24)(H2,18,20,21). The van der Waals surface area contributed by atoms with Gasteiger partial charge in [0.15, 0.2) is 11.5 Å². The normalized spacial score (nSPS) is 16.4. The van der Waals surface area contributed by atoms with Crippen LogP contribution >= 0.6 is 0 Å². The van der Waals surface area contributed by atoms with Gasteiger partial charge in [-0.3, -0.25) is 4.57 Å². The number of likely N-dealkylation sites (tertiary alicyclic amines) is 1. The number of H-pyrrole nitrogens is 1. The third kappa shape index (κ3) is 4.16. The van der Waals surface area contributed by atoms with Gasteiger partial charge in [0, 0.05) is 13.7 Å². The van der Waals surface area contributed by atoms with Crippen LogP contribution in [0.2, 0.25) is 0 Å². The van der Waals surface area contributed by atoms with E-state index in [0.717, 1.165) is 26.1 Å².